The molecule has 0 heterocycles. The predicted octanol–water partition coefficient (Wildman–Crippen LogP) is 1.54. The van der Waals surface area contributed by atoms with Gasteiger partial charge in [0.1, 0.15) is 5.75 Å². The van der Waals surface area contributed by atoms with E-state index in [1.54, 1.807) is 12.1 Å². The first kappa shape index (κ1) is 12.5. The van der Waals surface area contributed by atoms with Gasteiger partial charge in [-0.25, -0.2) is 0 Å². The van der Waals surface area contributed by atoms with Gasteiger partial charge in [-0.05, 0) is 24.2 Å². The maximum Gasteiger partial charge on any atom is 0.115 e. The molecule has 4 nitrogen and oxygen atoms in total. The van der Waals surface area contributed by atoms with Crippen molar-refractivity contribution in [2.45, 2.75) is 19.9 Å². The van der Waals surface area contributed by atoms with Gasteiger partial charge in [-0.3, -0.25) is 10.3 Å². The standard InChI is InChI=1S/C12H19N3O/c1-2-15(8-7-12(13)14)9-10-3-5-11(16)6-4-10/h3-6,16H,2,7-9H2,1H3,(H3,13,14). The highest BCUT2D eigenvalue weighted by Crippen LogP contribution is 2.11. The molecule has 16 heavy (non-hydrogen) atoms. The molecule has 0 bridgehead atoms. The van der Waals surface area contributed by atoms with Crippen LogP contribution in [0.4, 0.5) is 0 Å². The van der Waals surface area contributed by atoms with E-state index < -0.39 is 0 Å². The van der Waals surface area contributed by atoms with Gasteiger partial charge in [-0.2, -0.15) is 0 Å². The molecule has 0 radical (unpaired) electrons. The van der Waals surface area contributed by atoms with Crippen molar-refractivity contribution in [3.8, 4) is 5.75 Å². The lowest BCUT2D eigenvalue weighted by Gasteiger charge is -2.20. The largest absolute Gasteiger partial charge is 0.508 e. The van der Waals surface area contributed by atoms with E-state index in [2.05, 4.69) is 11.8 Å². The lowest BCUT2D eigenvalue weighted by Crippen LogP contribution is -2.27. The maximum absolute atomic E-state index is 9.17. The number of benzene rings is 1. The molecule has 4 heteroatoms. The summed E-state index contributed by atoms with van der Waals surface area (Å²) in [4.78, 5) is 2.22. The Balaban J connectivity index is 2.49. The molecule has 0 saturated carbocycles. The van der Waals surface area contributed by atoms with Crippen molar-refractivity contribution in [2.75, 3.05) is 13.1 Å². The van der Waals surface area contributed by atoms with Gasteiger partial charge >= 0.3 is 0 Å². The molecule has 0 aliphatic carbocycles. The molecule has 0 atom stereocenters. The minimum absolute atomic E-state index is 0.226. The highest BCUT2D eigenvalue weighted by Gasteiger charge is 2.04. The molecule has 4 N–H and O–H groups in total. The molecule has 1 aromatic rings. The van der Waals surface area contributed by atoms with Crippen molar-refractivity contribution >= 4 is 5.84 Å². The van der Waals surface area contributed by atoms with E-state index >= 15 is 0 Å². The first-order chi connectivity index (χ1) is 7.61. The fourth-order valence-corrected chi connectivity index (χ4v) is 1.49. The van der Waals surface area contributed by atoms with Gasteiger partial charge in [-0.1, -0.05) is 19.1 Å². The number of amidine groups is 1. The molecule has 0 spiro atoms. The minimum Gasteiger partial charge on any atom is -0.508 e. The number of nitrogens with one attached hydrogen (secondary N) is 1. The Labute approximate surface area is 96.2 Å². The number of aromatic hydroxyl groups is 1. The smallest absolute Gasteiger partial charge is 0.115 e. The molecule has 0 unspecified atom stereocenters. The molecule has 0 aliphatic heterocycles. The average molecular weight is 221 g/mol. The molecule has 0 amide bonds. The van der Waals surface area contributed by atoms with Crippen LogP contribution < -0.4 is 5.73 Å². The van der Waals surface area contributed by atoms with Gasteiger partial charge in [0.25, 0.3) is 0 Å². The van der Waals surface area contributed by atoms with Gasteiger partial charge in [0.2, 0.25) is 0 Å². The van der Waals surface area contributed by atoms with E-state index in [4.69, 9.17) is 16.2 Å². The van der Waals surface area contributed by atoms with Crippen LogP contribution in [0.15, 0.2) is 24.3 Å². The molecule has 1 aromatic carbocycles. The third-order valence-corrected chi connectivity index (χ3v) is 2.49. The van der Waals surface area contributed by atoms with Crippen LogP contribution in [0.25, 0.3) is 0 Å². The van der Waals surface area contributed by atoms with Crippen LogP contribution >= 0.6 is 0 Å². The summed E-state index contributed by atoms with van der Waals surface area (Å²) < 4.78 is 0. The Kier molecular flexibility index (Phi) is 4.79. The fraction of sp³-hybridized carbons (Fsp3) is 0.417. The summed E-state index contributed by atoms with van der Waals surface area (Å²) in [5.41, 5.74) is 6.49. The number of phenolic OH excluding ortho intramolecular Hbond substituents is 1. The lowest BCUT2D eigenvalue weighted by molar-refractivity contribution is 0.288. The number of hydrogen-bond acceptors (Lipinski definition) is 3. The molecule has 0 fully saturated rings. The first-order valence-corrected chi connectivity index (χ1v) is 5.45. The van der Waals surface area contributed by atoms with Gasteiger partial charge in [0, 0.05) is 19.5 Å². The van der Waals surface area contributed by atoms with E-state index in [1.165, 1.54) is 0 Å². The first-order valence-electron chi connectivity index (χ1n) is 5.45. The van der Waals surface area contributed by atoms with E-state index in [9.17, 15) is 0 Å². The highest BCUT2D eigenvalue weighted by atomic mass is 16.3. The van der Waals surface area contributed by atoms with Crippen LogP contribution in [0.2, 0.25) is 0 Å². The van der Waals surface area contributed by atoms with Gasteiger partial charge in [0.05, 0.1) is 5.84 Å². The number of nitrogens with zero attached hydrogens (tertiary/aromatic N) is 1. The Hall–Kier alpha value is -1.55. The van der Waals surface area contributed by atoms with Crippen LogP contribution in [-0.4, -0.2) is 28.9 Å². The Bertz CT molecular complexity index is 335. The molecular formula is C12H19N3O. The molecule has 88 valence electrons. The SMILES string of the molecule is CCN(CCC(=N)N)Cc1ccc(O)cc1. The van der Waals surface area contributed by atoms with Crippen LogP contribution in [0.5, 0.6) is 5.75 Å². The van der Waals surface area contributed by atoms with Crippen LogP contribution in [0, 0.1) is 5.41 Å². The topological polar surface area (TPSA) is 73.3 Å². The summed E-state index contributed by atoms with van der Waals surface area (Å²) in [6.07, 6.45) is 0.603. The summed E-state index contributed by atoms with van der Waals surface area (Å²) in [6, 6.07) is 7.19. The predicted molar refractivity (Wildman–Crippen MR) is 65.6 cm³/mol. The van der Waals surface area contributed by atoms with Crippen molar-refractivity contribution < 1.29 is 5.11 Å². The minimum atomic E-state index is 0.226. The molecule has 0 aliphatic rings. The zero-order chi connectivity index (χ0) is 12.0. The lowest BCUT2D eigenvalue weighted by atomic mass is 10.2. The zero-order valence-electron chi connectivity index (χ0n) is 9.61. The Morgan fingerprint density at radius 3 is 2.50 bits per heavy atom. The second-order valence-corrected chi connectivity index (χ2v) is 3.81. The van der Waals surface area contributed by atoms with E-state index in [1.807, 2.05) is 12.1 Å². The molecule has 1 rings (SSSR count). The van der Waals surface area contributed by atoms with Crippen molar-refractivity contribution in [3.63, 3.8) is 0 Å². The highest BCUT2D eigenvalue weighted by molar-refractivity contribution is 5.76. The van der Waals surface area contributed by atoms with Crippen molar-refractivity contribution in [3.05, 3.63) is 29.8 Å². The third kappa shape index (κ3) is 4.31. The third-order valence-electron chi connectivity index (χ3n) is 2.49. The number of phenols is 1. The molecule has 0 saturated heterocycles. The number of rotatable bonds is 6. The molecule has 0 aromatic heterocycles. The summed E-state index contributed by atoms with van der Waals surface area (Å²) in [7, 11) is 0. The quantitative estimate of drug-likeness (QED) is 0.504. The zero-order valence-corrected chi connectivity index (χ0v) is 9.61. The van der Waals surface area contributed by atoms with Crippen LogP contribution in [0.1, 0.15) is 18.9 Å². The molecular weight excluding hydrogens is 202 g/mol. The van der Waals surface area contributed by atoms with Crippen molar-refractivity contribution in [2.24, 2.45) is 5.73 Å². The Morgan fingerprint density at radius 2 is 2.00 bits per heavy atom. The van der Waals surface area contributed by atoms with Gasteiger partial charge in [0.15, 0.2) is 0 Å². The average Bonchev–Trinajstić information content (AvgIpc) is 2.26. The van der Waals surface area contributed by atoms with Crippen molar-refractivity contribution in [1.82, 2.24) is 4.90 Å². The normalized spacial score (nSPS) is 10.6. The monoisotopic (exact) mass is 221 g/mol. The van der Waals surface area contributed by atoms with Gasteiger partial charge in [-0.15, -0.1) is 0 Å². The summed E-state index contributed by atoms with van der Waals surface area (Å²) in [6.45, 7) is 4.63. The summed E-state index contributed by atoms with van der Waals surface area (Å²) >= 11 is 0. The number of hydrogen-bond donors (Lipinski definition) is 3. The van der Waals surface area contributed by atoms with Gasteiger partial charge < -0.3 is 10.8 Å². The van der Waals surface area contributed by atoms with Crippen LogP contribution in [0.3, 0.4) is 0 Å². The van der Waals surface area contributed by atoms with Crippen molar-refractivity contribution in [1.29, 1.82) is 5.41 Å². The summed E-state index contributed by atoms with van der Waals surface area (Å²) in [5, 5.41) is 16.4. The maximum atomic E-state index is 9.17. The van der Waals surface area contributed by atoms with E-state index in [-0.39, 0.29) is 11.6 Å². The second kappa shape index (κ2) is 6.12. The van der Waals surface area contributed by atoms with Crippen LogP contribution in [-0.2, 0) is 6.54 Å². The van der Waals surface area contributed by atoms with E-state index in [0.29, 0.717) is 6.42 Å². The summed E-state index contributed by atoms with van der Waals surface area (Å²) in [5.74, 6) is 0.514. The second-order valence-electron chi connectivity index (χ2n) is 3.81. The number of nitrogens with two attached hydrogens (primary N) is 1. The van der Waals surface area contributed by atoms with E-state index in [0.717, 1.165) is 25.2 Å². The fourth-order valence-electron chi connectivity index (χ4n) is 1.49. The Morgan fingerprint density at radius 1 is 1.38 bits per heavy atom.